The van der Waals surface area contributed by atoms with Crippen LogP contribution >= 0.6 is 0 Å². The van der Waals surface area contributed by atoms with Gasteiger partial charge in [0.1, 0.15) is 0 Å². The highest BCUT2D eigenvalue weighted by Crippen LogP contribution is 2.23. The molecule has 6 nitrogen and oxygen atoms in total. The van der Waals surface area contributed by atoms with E-state index in [1.54, 1.807) is 6.92 Å². The van der Waals surface area contributed by atoms with Crippen molar-refractivity contribution in [2.75, 3.05) is 13.1 Å². The molecule has 0 bridgehead atoms. The van der Waals surface area contributed by atoms with E-state index >= 15 is 0 Å². The molecule has 2 saturated heterocycles. The molecular formula is C15H22N2O4. The van der Waals surface area contributed by atoms with Crippen LogP contribution in [0.15, 0.2) is 0 Å². The molecule has 4 amide bonds. The predicted molar refractivity (Wildman–Crippen MR) is 74.9 cm³/mol. The molecule has 2 rings (SSSR count). The molecular weight excluding hydrogens is 272 g/mol. The summed E-state index contributed by atoms with van der Waals surface area (Å²) in [5.41, 5.74) is 0. The van der Waals surface area contributed by atoms with E-state index in [-0.39, 0.29) is 35.5 Å². The summed E-state index contributed by atoms with van der Waals surface area (Å²) in [6.45, 7) is 4.44. The number of amides is 4. The maximum Gasteiger partial charge on any atom is 0.232 e. The van der Waals surface area contributed by atoms with Gasteiger partial charge in [-0.05, 0) is 19.3 Å². The Balaban J connectivity index is 1.75. The number of likely N-dealkylation sites (tertiary alicyclic amines) is 2. The Hall–Kier alpha value is -1.72. The lowest BCUT2D eigenvalue weighted by atomic mass is 10.1. The van der Waals surface area contributed by atoms with E-state index in [4.69, 9.17) is 0 Å². The van der Waals surface area contributed by atoms with E-state index < -0.39 is 0 Å². The Morgan fingerprint density at radius 2 is 1.43 bits per heavy atom. The summed E-state index contributed by atoms with van der Waals surface area (Å²) in [5, 5.41) is 0. The van der Waals surface area contributed by atoms with Crippen molar-refractivity contribution in [2.24, 2.45) is 11.8 Å². The van der Waals surface area contributed by atoms with Crippen molar-refractivity contribution in [2.45, 2.75) is 46.0 Å². The maximum atomic E-state index is 11.9. The topological polar surface area (TPSA) is 74.8 Å². The van der Waals surface area contributed by atoms with Gasteiger partial charge in [-0.2, -0.15) is 0 Å². The number of imide groups is 2. The molecule has 6 heteroatoms. The SMILES string of the molecule is CCC1CC(=O)N(CCCCN2C(=O)CC(C)C2=O)C1=O. The number of hydrogen-bond acceptors (Lipinski definition) is 4. The minimum Gasteiger partial charge on any atom is -0.282 e. The summed E-state index contributed by atoms with van der Waals surface area (Å²) < 4.78 is 0. The van der Waals surface area contributed by atoms with Gasteiger partial charge in [0.05, 0.1) is 0 Å². The highest BCUT2D eigenvalue weighted by atomic mass is 16.2. The first-order chi connectivity index (χ1) is 9.95. The van der Waals surface area contributed by atoms with Crippen molar-refractivity contribution in [3.05, 3.63) is 0 Å². The molecule has 21 heavy (non-hydrogen) atoms. The van der Waals surface area contributed by atoms with E-state index in [1.807, 2.05) is 6.92 Å². The molecule has 0 radical (unpaired) electrons. The molecule has 2 heterocycles. The third-order valence-corrected chi connectivity index (χ3v) is 4.31. The third-order valence-electron chi connectivity index (χ3n) is 4.31. The second-order valence-corrected chi connectivity index (χ2v) is 5.89. The van der Waals surface area contributed by atoms with Crippen LogP contribution in [0, 0.1) is 11.8 Å². The highest BCUT2D eigenvalue weighted by molar-refractivity contribution is 6.04. The number of carbonyl (C=O) groups is 4. The first-order valence-corrected chi connectivity index (χ1v) is 7.64. The van der Waals surface area contributed by atoms with Crippen LogP contribution in [0.2, 0.25) is 0 Å². The predicted octanol–water partition coefficient (Wildman–Crippen LogP) is 0.947. The fourth-order valence-corrected chi connectivity index (χ4v) is 2.93. The Morgan fingerprint density at radius 1 is 0.905 bits per heavy atom. The average molecular weight is 294 g/mol. The Kier molecular flexibility index (Phi) is 4.75. The van der Waals surface area contributed by atoms with Gasteiger partial charge in [-0.1, -0.05) is 13.8 Å². The van der Waals surface area contributed by atoms with Gasteiger partial charge in [-0.15, -0.1) is 0 Å². The molecule has 0 spiro atoms. The maximum absolute atomic E-state index is 11.9. The van der Waals surface area contributed by atoms with Crippen molar-refractivity contribution < 1.29 is 19.2 Å². The fraction of sp³-hybridized carbons (Fsp3) is 0.733. The van der Waals surface area contributed by atoms with E-state index in [9.17, 15) is 19.2 Å². The van der Waals surface area contributed by atoms with Crippen LogP contribution in [0.5, 0.6) is 0 Å². The first kappa shape index (κ1) is 15.7. The summed E-state index contributed by atoms with van der Waals surface area (Å²) in [4.78, 5) is 49.6. The van der Waals surface area contributed by atoms with Crippen molar-refractivity contribution in [3.8, 4) is 0 Å². The standard InChI is InChI=1S/C15H22N2O4/c1-3-11-9-13(19)17(15(11)21)7-5-4-6-16-12(18)8-10(2)14(16)20/h10-11H,3-9H2,1-2H3. The van der Waals surface area contributed by atoms with Crippen molar-refractivity contribution in [1.82, 2.24) is 9.80 Å². The first-order valence-electron chi connectivity index (χ1n) is 7.64. The largest absolute Gasteiger partial charge is 0.282 e. The minimum absolute atomic E-state index is 0.0792. The van der Waals surface area contributed by atoms with Gasteiger partial charge >= 0.3 is 0 Å². The molecule has 0 aromatic rings. The van der Waals surface area contributed by atoms with Gasteiger partial charge in [0.25, 0.3) is 0 Å². The second kappa shape index (κ2) is 6.37. The fourth-order valence-electron chi connectivity index (χ4n) is 2.93. The van der Waals surface area contributed by atoms with Gasteiger partial charge in [0.2, 0.25) is 23.6 Å². The molecule has 2 aliphatic heterocycles. The molecule has 2 atom stereocenters. The number of rotatable bonds is 6. The van der Waals surface area contributed by atoms with Crippen LogP contribution in [0.3, 0.4) is 0 Å². The van der Waals surface area contributed by atoms with Crippen molar-refractivity contribution in [1.29, 1.82) is 0 Å². The monoisotopic (exact) mass is 294 g/mol. The van der Waals surface area contributed by atoms with Gasteiger partial charge in [0, 0.05) is 37.8 Å². The number of unbranched alkanes of at least 4 members (excludes halogenated alkanes) is 1. The Bertz CT molecular complexity index is 474. The second-order valence-electron chi connectivity index (χ2n) is 5.89. The van der Waals surface area contributed by atoms with E-state index in [1.165, 1.54) is 9.80 Å². The van der Waals surface area contributed by atoms with Crippen molar-refractivity contribution >= 4 is 23.6 Å². The zero-order chi connectivity index (χ0) is 15.6. The summed E-state index contributed by atoms with van der Waals surface area (Å²) in [5.74, 6) is -0.797. The number of nitrogens with zero attached hydrogens (tertiary/aromatic N) is 2. The molecule has 0 aromatic heterocycles. The number of carbonyl (C=O) groups excluding carboxylic acids is 4. The van der Waals surface area contributed by atoms with Crippen LogP contribution in [-0.4, -0.2) is 46.5 Å². The molecule has 0 N–H and O–H groups in total. The molecule has 2 aliphatic rings. The molecule has 0 saturated carbocycles. The smallest absolute Gasteiger partial charge is 0.232 e. The van der Waals surface area contributed by atoms with Crippen LogP contribution in [0.1, 0.15) is 46.0 Å². The lowest BCUT2D eigenvalue weighted by Gasteiger charge is -2.17. The van der Waals surface area contributed by atoms with Crippen LogP contribution < -0.4 is 0 Å². The zero-order valence-corrected chi connectivity index (χ0v) is 12.6. The zero-order valence-electron chi connectivity index (χ0n) is 12.6. The Morgan fingerprint density at radius 3 is 1.86 bits per heavy atom. The van der Waals surface area contributed by atoms with E-state index in [2.05, 4.69) is 0 Å². The normalized spacial score (nSPS) is 26.4. The summed E-state index contributed by atoms with van der Waals surface area (Å²) >= 11 is 0. The van der Waals surface area contributed by atoms with E-state index in [0.29, 0.717) is 45.2 Å². The Labute approximate surface area is 124 Å². The molecule has 0 aliphatic carbocycles. The average Bonchev–Trinajstić information content (AvgIpc) is 2.85. The van der Waals surface area contributed by atoms with Gasteiger partial charge < -0.3 is 0 Å². The highest BCUT2D eigenvalue weighted by Gasteiger charge is 2.37. The van der Waals surface area contributed by atoms with Gasteiger partial charge in [0.15, 0.2) is 0 Å². The van der Waals surface area contributed by atoms with Crippen molar-refractivity contribution in [3.63, 3.8) is 0 Å². The molecule has 2 unspecified atom stereocenters. The molecule has 0 aromatic carbocycles. The summed E-state index contributed by atoms with van der Waals surface area (Å²) in [6, 6.07) is 0. The van der Waals surface area contributed by atoms with Gasteiger partial charge in [-0.25, -0.2) is 0 Å². The van der Waals surface area contributed by atoms with Gasteiger partial charge in [-0.3, -0.25) is 29.0 Å². The van der Waals surface area contributed by atoms with Crippen LogP contribution in [-0.2, 0) is 19.2 Å². The molecule has 2 fully saturated rings. The third kappa shape index (κ3) is 3.14. The quantitative estimate of drug-likeness (QED) is 0.540. The number of hydrogen-bond donors (Lipinski definition) is 0. The lowest BCUT2D eigenvalue weighted by Crippen LogP contribution is -2.34. The molecule has 116 valence electrons. The lowest BCUT2D eigenvalue weighted by molar-refractivity contribution is -0.141. The summed E-state index contributed by atoms with van der Waals surface area (Å²) in [6.07, 6.45) is 2.54. The van der Waals surface area contributed by atoms with Crippen LogP contribution in [0.4, 0.5) is 0 Å². The van der Waals surface area contributed by atoms with Crippen LogP contribution in [0.25, 0.3) is 0 Å². The van der Waals surface area contributed by atoms with E-state index in [0.717, 1.165) is 0 Å². The minimum atomic E-state index is -0.218. The summed E-state index contributed by atoms with van der Waals surface area (Å²) in [7, 11) is 0.